The lowest BCUT2D eigenvalue weighted by atomic mass is 9.64. The molecule has 3 aliphatic carbocycles. The van der Waals surface area contributed by atoms with Crippen LogP contribution in [-0.2, 0) is 16.2 Å². The highest BCUT2D eigenvalue weighted by Crippen LogP contribution is 2.65. The van der Waals surface area contributed by atoms with Gasteiger partial charge in [0.15, 0.2) is 0 Å². The number of rotatable bonds is 7. The molecule has 4 aliphatic rings. The summed E-state index contributed by atoms with van der Waals surface area (Å²) in [5.41, 5.74) is 28.6. The molecule has 79 heavy (non-hydrogen) atoms. The average Bonchev–Trinajstić information content (AvgIpc) is 4.12. The van der Waals surface area contributed by atoms with Crippen LogP contribution in [0.15, 0.2) is 291 Å². The van der Waals surface area contributed by atoms with Gasteiger partial charge in [0, 0.05) is 28.2 Å². The van der Waals surface area contributed by atoms with Crippen LogP contribution in [0.5, 0.6) is 0 Å². The van der Waals surface area contributed by atoms with E-state index in [0.29, 0.717) is 0 Å². The lowest BCUT2D eigenvalue weighted by molar-refractivity contribution is 0.660. The SMILES string of the molecule is CC1(C)c2ccccc2-c2ccc(-c3ccc(N(c4ccc5c(c4)C(c4ccccc4)(c4ccccc4)c4ccccc4-5)c4ccc5c(c4)C4(c6ccccc6-5)c5ccccc5N(c5ccccc5)c5ccccc54)cc3)cc21. The zero-order valence-corrected chi connectivity index (χ0v) is 44.1. The molecule has 12 aromatic carbocycles. The van der Waals surface area contributed by atoms with Crippen molar-refractivity contribution in [1.29, 1.82) is 0 Å². The Kier molecular flexibility index (Phi) is 9.85. The van der Waals surface area contributed by atoms with E-state index in [1.165, 1.54) is 112 Å². The van der Waals surface area contributed by atoms with E-state index in [0.717, 1.165) is 22.7 Å². The van der Waals surface area contributed by atoms with E-state index >= 15 is 0 Å². The summed E-state index contributed by atoms with van der Waals surface area (Å²) in [6.07, 6.45) is 0. The lowest BCUT2D eigenvalue weighted by Gasteiger charge is -2.45. The van der Waals surface area contributed by atoms with E-state index in [-0.39, 0.29) is 5.41 Å². The summed E-state index contributed by atoms with van der Waals surface area (Å²) in [5, 5.41) is 0. The minimum Gasteiger partial charge on any atom is -0.310 e. The van der Waals surface area contributed by atoms with Crippen molar-refractivity contribution in [2.45, 2.75) is 30.1 Å². The Morgan fingerprint density at radius 1 is 0.266 bits per heavy atom. The lowest BCUT2D eigenvalue weighted by Crippen LogP contribution is -2.36. The van der Waals surface area contributed by atoms with Crippen molar-refractivity contribution < 1.29 is 0 Å². The first kappa shape index (κ1) is 45.4. The van der Waals surface area contributed by atoms with Crippen molar-refractivity contribution in [3.8, 4) is 44.5 Å². The van der Waals surface area contributed by atoms with Gasteiger partial charge in [-0.25, -0.2) is 0 Å². The normalized spacial score (nSPS) is 14.7. The molecule has 0 unspecified atom stereocenters. The molecule has 2 heteroatoms. The fraction of sp³-hybridized carbons (Fsp3) is 0.0649. The van der Waals surface area contributed by atoms with Crippen LogP contribution in [0, 0.1) is 0 Å². The van der Waals surface area contributed by atoms with Crippen LogP contribution in [0.2, 0.25) is 0 Å². The van der Waals surface area contributed by atoms with Crippen LogP contribution in [0.3, 0.4) is 0 Å². The van der Waals surface area contributed by atoms with E-state index in [1.54, 1.807) is 0 Å². The molecule has 0 saturated heterocycles. The Morgan fingerprint density at radius 2 is 0.646 bits per heavy atom. The van der Waals surface area contributed by atoms with Gasteiger partial charge in [0.05, 0.1) is 22.2 Å². The molecule has 372 valence electrons. The van der Waals surface area contributed by atoms with Gasteiger partial charge >= 0.3 is 0 Å². The molecule has 12 aromatic rings. The molecule has 16 rings (SSSR count). The second kappa shape index (κ2) is 17.1. The zero-order chi connectivity index (χ0) is 52.5. The molecule has 0 aromatic heterocycles. The van der Waals surface area contributed by atoms with Gasteiger partial charge < -0.3 is 9.80 Å². The molecule has 0 saturated carbocycles. The molecule has 1 aliphatic heterocycles. The molecular weight excluding hydrogens is 953 g/mol. The van der Waals surface area contributed by atoms with E-state index in [4.69, 9.17) is 0 Å². The molecule has 0 N–H and O–H groups in total. The maximum absolute atomic E-state index is 2.53. The number of anilines is 6. The molecular formula is C77H54N2. The number of para-hydroxylation sites is 3. The van der Waals surface area contributed by atoms with Crippen molar-refractivity contribution in [3.63, 3.8) is 0 Å². The van der Waals surface area contributed by atoms with Gasteiger partial charge in [-0.3, -0.25) is 0 Å². The van der Waals surface area contributed by atoms with Crippen LogP contribution in [-0.4, -0.2) is 0 Å². The predicted molar refractivity (Wildman–Crippen MR) is 327 cm³/mol. The minimum atomic E-state index is -0.619. The first-order chi connectivity index (χ1) is 39.0. The van der Waals surface area contributed by atoms with Crippen LogP contribution < -0.4 is 9.80 Å². The van der Waals surface area contributed by atoms with Crippen molar-refractivity contribution in [2.75, 3.05) is 9.80 Å². The summed E-state index contributed by atoms with van der Waals surface area (Å²) in [7, 11) is 0. The second-order valence-electron chi connectivity index (χ2n) is 22.3. The molecule has 2 nitrogen and oxygen atoms in total. The molecule has 0 fully saturated rings. The summed E-state index contributed by atoms with van der Waals surface area (Å²) in [6.45, 7) is 4.73. The first-order valence-corrected chi connectivity index (χ1v) is 27.7. The quantitative estimate of drug-likeness (QED) is 0.157. The van der Waals surface area contributed by atoms with Gasteiger partial charge in [-0.05, 0) is 167 Å². The van der Waals surface area contributed by atoms with Gasteiger partial charge in [0.25, 0.3) is 0 Å². The van der Waals surface area contributed by atoms with E-state index in [2.05, 4.69) is 315 Å². The van der Waals surface area contributed by atoms with Crippen LogP contribution in [0.1, 0.15) is 69.5 Å². The summed E-state index contributed by atoms with van der Waals surface area (Å²) in [5.74, 6) is 0. The fourth-order valence-electron chi connectivity index (χ4n) is 14.8. The van der Waals surface area contributed by atoms with Crippen LogP contribution >= 0.6 is 0 Å². The van der Waals surface area contributed by atoms with Gasteiger partial charge in [0.2, 0.25) is 0 Å². The molecule has 0 bridgehead atoms. The Labute approximate surface area is 462 Å². The monoisotopic (exact) mass is 1010 g/mol. The van der Waals surface area contributed by atoms with Crippen molar-refractivity contribution >= 4 is 34.1 Å². The number of nitrogens with zero attached hydrogens (tertiary/aromatic N) is 2. The van der Waals surface area contributed by atoms with Gasteiger partial charge in [0.1, 0.15) is 0 Å². The fourth-order valence-corrected chi connectivity index (χ4v) is 14.8. The first-order valence-electron chi connectivity index (χ1n) is 27.7. The second-order valence-corrected chi connectivity index (χ2v) is 22.3. The maximum Gasteiger partial charge on any atom is 0.0755 e. The summed E-state index contributed by atoms with van der Waals surface area (Å²) in [4.78, 5) is 4.98. The Bertz CT molecular complexity index is 4310. The number of benzene rings is 12. The van der Waals surface area contributed by atoms with E-state index < -0.39 is 10.8 Å². The van der Waals surface area contributed by atoms with Gasteiger partial charge in [-0.2, -0.15) is 0 Å². The zero-order valence-electron chi connectivity index (χ0n) is 44.1. The smallest absolute Gasteiger partial charge is 0.0755 e. The molecule has 0 radical (unpaired) electrons. The largest absolute Gasteiger partial charge is 0.310 e. The highest BCUT2D eigenvalue weighted by atomic mass is 15.2. The van der Waals surface area contributed by atoms with Crippen LogP contribution in [0.25, 0.3) is 44.5 Å². The molecule has 1 heterocycles. The third-order valence-electron chi connectivity index (χ3n) is 18.1. The minimum absolute atomic E-state index is 0.0928. The predicted octanol–water partition coefficient (Wildman–Crippen LogP) is 19.6. The van der Waals surface area contributed by atoms with Crippen LogP contribution in [0.4, 0.5) is 34.1 Å². The summed E-state index contributed by atoms with van der Waals surface area (Å²) >= 11 is 0. The highest BCUT2D eigenvalue weighted by Gasteiger charge is 2.52. The summed E-state index contributed by atoms with van der Waals surface area (Å²) < 4.78 is 0. The van der Waals surface area contributed by atoms with E-state index in [1.807, 2.05) is 0 Å². The van der Waals surface area contributed by atoms with Crippen molar-refractivity contribution in [1.82, 2.24) is 0 Å². The molecule has 0 amide bonds. The topological polar surface area (TPSA) is 6.48 Å². The Morgan fingerprint density at radius 3 is 1.20 bits per heavy atom. The van der Waals surface area contributed by atoms with Crippen molar-refractivity contribution in [2.24, 2.45) is 0 Å². The number of hydrogen-bond donors (Lipinski definition) is 0. The Balaban J connectivity index is 0.931. The number of fused-ring (bicyclic) bond motifs is 15. The van der Waals surface area contributed by atoms with Gasteiger partial charge in [-0.1, -0.05) is 238 Å². The maximum atomic E-state index is 2.53. The summed E-state index contributed by atoms with van der Waals surface area (Å²) in [6, 6.07) is 109. The molecule has 1 spiro atoms. The van der Waals surface area contributed by atoms with Crippen molar-refractivity contribution in [3.05, 3.63) is 347 Å². The average molecular weight is 1010 g/mol. The third kappa shape index (κ3) is 6.29. The third-order valence-corrected chi connectivity index (χ3v) is 18.1. The Hall–Kier alpha value is -9.76. The standard InChI is InChI=1S/C77H54N2/c1-75(2)65-31-15-12-28-59(65)62-45-40-52(48-70(62)75)51-38-41-56(42-39-51)78(57-43-46-63-60-29-13-16-32-66(60)76(71(63)49-57,53-22-6-3-7-23-53)54-24-8-4-9-25-54)58-44-47-64-61-30-14-17-33-67(61)77(72(64)50-58)68-34-18-20-36-73(68)79(55-26-10-5-11-27-55)74-37-21-19-35-69(74)77/h3-50H,1-2H3. The van der Waals surface area contributed by atoms with Gasteiger partial charge in [-0.15, -0.1) is 0 Å². The molecule has 0 atom stereocenters. The number of hydrogen-bond acceptors (Lipinski definition) is 2. The highest BCUT2D eigenvalue weighted by molar-refractivity contribution is 5.98. The van der Waals surface area contributed by atoms with E-state index in [9.17, 15) is 0 Å².